The summed E-state index contributed by atoms with van der Waals surface area (Å²) in [6.45, 7) is 2.71. The number of aryl methyl sites for hydroxylation is 1. The Balaban J connectivity index is 2.13. The molecule has 14 heavy (non-hydrogen) atoms. The molecule has 1 unspecified atom stereocenters. The van der Waals surface area contributed by atoms with Gasteiger partial charge in [0.2, 0.25) is 0 Å². The quantitative estimate of drug-likeness (QED) is 0.696. The van der Waals surface area contributed by atoms with Crippen molar-refractivity contribution in [2.75, 3.05) is 13.1 Å². The zero-order chi connectivity index (χ0) is 10.1. The number of likely N-dealkylation sites (tertiary alicyclic amines) is 1. The molecule has 1 aromatic heterocycles. The SMILES string of the molecule is Cc1oncc1C(=O)N1CCC(O)C1. The lowest BCUT2D eigenvalue weighted by Gasteiger charge is -2.13. The van der Waals surface area contributed by atoms with Crippen molar-refractivity contribution in [1.29, 1.82) is 0 Å². The highest BCUT2D eigenvalue weighted by Crippen LogP contribution is 2.15. The summed E-state index contributed by atoms with van der Waals surface area (Å²) in [6, 6.07) is 0. The number of hydrogen-bond acceptors (Lipinski definition) is 4. The minimum absolute atomic E-state index is 0.111. The summed E-state index contributed by atoms with van der Waals surface area (Å²) in [7, 11) is 0. The molecule has 1 saturated heterocycles. The summed E-state index contributed by atoms with van der Waals surface area (Å²) in [6.07, 6.45) is 1.68. The molecular formula is C9H12N2O3. The van der Waals surface area contributed by atoms with Crippen molar-refractivity contribution in [3.63, 3.8) is 0 Å². The zero-order valence-corrected chi connectivity index (χ0v) is 7.93. The largest absolute Gasteiger partial charge is 0.391 e. The van der Waals surface area contributed by atoms with Crippen LogP contribution in [0.15, 0.2) is 10.7 Å². The van der Waals surface area contributed by atoms with E-state index in [4.69, 9.17) is 4.52 Å². The Bertz CT molecular complexity index is 348. The average Bonchev–Trinajstić information content (AvgIpc) is 2.73. The number of hydrogen-bond donors (Lipinski definition) is 1. The Labute approximate surface area is 81.3 Å². The van der Waals surface area contributed by atoms with Gasteiger partial charge in [0.1, 0.15) is 11.3 Å². The Kier molecular flexibility index (Phi) is 2.25. The van der Waals surface area contributed by atoms with E-state index in [0.29, 0.717) is 30.8 Å². The molecule has 76 valence electrons. The molecular weight excluding hydrogens is 184 g/mol. The Morgan fingerprint density at radius 1 is 1.79 bits per heavy atom. The smallest absolute Gasteiger partial charge is 0.259 e. The molecule has 2 heterocycles. The van der Waals surface area contributed by atoms with E-state index in [1.165, 1.54) is 6.20 Å². The standard InChI is InChI=1S/C9H12N2O3/c1-6-8(4-10-14-6)9(13)11-3-2-7(12)5-11/h4,7,12H,2-3,5H2,1H3. The number of amides is 1. The number of rotatable bonds is 1. The number of β-amino-alcohol motifs (C(OH)–C–C–N with tert-alkyl or cyclic N) is 1. The van der Waals surface area contributed by atoms with Crippen molar-refractivity contribution in [2.45, 2.75) is 19.4 Å². The lowest BCUT2D eigenvalue weighted by molar-refractivity contribution is 0.0763. The molecule has 5 heteroatoms. The second-order valence-corrected chi connectivity index (χ2v) is 3.49. The average molecular weight is 196 g/mol. The lowest BCUT2D eigenvalue weighted by atomic mass is 10.2. The number of aromatic nitrogens is 1. The fourth-order valence-corrected chi connectivity index (χ4v) is 1.60. The number of aliphatic hydroxyl groups is 1. The number of nitrogens with zero attached hydrogens (tertiary/aromatic N) is 2. The maximum absolute atomic E-state index is 11.8. The van der Waals surface area contributed by atoms with Crippen molar-refractivity contribution in [2.24, 2.45) is 0 Å². The molecule has 1 aromatic rings. The molecule has 0 aromatic carbocycles. The third-order valence-corrected chi connectivity index (χ3v) is 2.43. The van der Waals surface area contributed by atoms with Crippen LogP contribution in [0.4, 0.5) is 0 Å². The summed E-state index contributed by atoms with van der Waals surface area (Å²) in [5, 5.41) is 12.8. The summed E-state index contributed by atoms with van der Waals surface area (Å²) in [4.78, 5) is 13.4. The molecule has 5 nitrogen and oxygen atoms in total. The second-order valence-electron chi connectivity index (χ2n) is 3.49. The second kappa shape index (κ2) is 3.42. The van der Waals surface area contributed by atoms with Gasteiger partial charge in [0.25, 0.3) is 5.91 Å². The van der Waals surface area contributed by atoms with E-state index in [-0.39, 0.29) is 12.0 Å². The first-order valence-corrected chi connectivity index (χ1v) is 4.57. The first-order chi connectivity index (χ1) is 6.68. The normalized spacial score (nSPS) is 21.6. The highest BCUT2D eigenvalue weighted by molar-refractivity contribution is 5.94. The fourth-order valence-electron chi connectivity index (χ4n) is 1.60. The van der Waals surface area contributed by atoms with E-state index in [1.54, 1.807) is 11.8 Å². The van der Waals surface area contributed by atoms with Gasteiger partial charge in [0.05, 0.1) is 12.3 Å². The van der Waals surface area contributed by atoms with E-state index >= 15 is 0 Å². The highest BCUT2D eigenvalue weighted by Gasteiger charge is 2.27. The van der Waals surface area contributed by atoms with Gasteiger partial charge < -0.3 is 14.5 Å². The third-order valence-electron chi connectivity index (χ3n) is 2.43. The van der Waals surface area contributed by atoms with Crippen molar-refractivity contribution >= 4 is 5.91 Å². The maximum Gasteiger partial charge on any atom is 0.259 e. The van der Waals surface area contributed by atoms with Gasteiger partial charge in [-0.2, -0.15) is 0 Å². The number of carbonyl (C=O) groups excluding carboxylic acids is 1. The minimum Gasteiger partial charge on any atom is -0.391 e. The Morgan fingerprint density at radius 3 is 3.07 bits per heavy atom. The Morgan fingerprint density at radius 2 is 2.57 bits per heavy atom. The van der Waals surface area contributed by atoms with E-state index in [1.807, 2.05) is 0 Å². The van der Waals surface area contributed by atoms with Crippen LogP contribution in [0, 0.1) is 6.92 Å². The van der Waals surface area contributed by atoms with Crippen LogP contribution < -0.4 is 0 Å². The number of aliphatic hydroxyl groups excluding tert-OH is 1. The predicted molar refractivity (Wildman–Crippen MR) is 47.8 cm³/mol. The van der Waals surface area contributed by atoms with Gasteiger partial charge in [-0.25, -0.2) is 0 Å². The van der Waals surface area contributed by atoms with Crippen LogP contribution in [0.1, 0.15) is 22.5 Å². The maximum atomic E-state index is 11.8. The molecule has 1 aliphatic rings. The van der Waals surface area contributed by atoms with Crippen molar-refractivity contribution < 1.29 is 14.4 Å². The molecule has 1 fully saturated rings. The molecule has 1 N–H and O–H groups in total. The molecule has 0 bridgehead atoms. The summed E-state index contributed by atoms with van der Waals surface area (Å²) in [5.41, 5.74) is 0.485. The first-order valence-electron chi connectivity index (χ1n) is 4.57. The van der Waals surface area contributed by atoms with Crippen LogP contribution in [-0.2, 0) is 0 Å². The minimum atomic E-state index is -0.390. The first kappa shape index (κ1) is 9.21. The summed E-state index contributed by atoms with van der Waals surface area (Å²) < 4.78 is 4.81. The lowest BCUT2D eigenvalue weighted by Crippen LogP contribution is -2.29. The van der Waals surface area contributed by atoms with Crippen LogP contribution in [0.25, 0.3) is 0 Å². The van der Waals surface area contributed by atoms with Crippen LogP contribution >= 0.6 is 0 Å². The van der Waals surface area contributed by atoms with Gasteiger partial charge in [-0.15, -0.1) is 0 Å². The Hall–Kier alpha value is -1.36. The number of carbonyl (C=O) groups is 1. The molecule has 0 saturated carbocycles. The molecule has 0 aliphatic carbocycles. The van der Waals surface area contributed by atoms with Crippen LogP contribution in [0.5, 0.6) is 0 Å². The summed E-state index contributed by atoms with van der Waals surface area (Å²) in [5.74, 6) is 0.414. The predicted octanol–water partition coefficient (Wildman–Crippen LogP) is 0.190. The molecule has 1 aliphatic heterocycles. The van der Waals surface area contributed by atoms with Crippen LogP contribution in [0.2, 0.25) is 0 Å². The third kappa shape index (κ3) is 1.50. The fraction of sp³-hybridized carbons (Fsp3) is 0.556. The van der Waals surface area contributed by atoms with Gasteiger partial charge in [-0.05, 0) is 13.3 Å². The van der Waals surface area contributed by atoms with Gasteiger partial charge in [0, 0.05) is 13.1 Å². The van der Waals surface area contributed by atoms with Crippen LogP contribution in [-0.4, -0.2) is 40.3 Å². The van der Waals surface area contributed by atoms with Crippen molar-refractivity contribution in [3.8, 4) is 0 Å². The van der Waals surface area contributed by atoms with E-state index in [9.17, 15) is 9.90 Å². The van der Waals surface area contributed by atoms with Crippen molar-refractivity contribution in [3.05, 3.63) is 17.5 Å². The molecule has 2 rings (SSSR count). The monoisotopic (exact) mass is 196 g/mol. The van der Waals surface area contributed by atoms with Gasteiger partial charge in [-0.1, -0.05) is 5.16 Å². The topological polar surface area (TPSA) is 66.6 Å². The zero-order valence-electron chi connectivity index (χ0n) is 7.93. The van der Waals surface area contributed by atoms with E-state index in [0.717, 1.165) is 0 Å². The van der Waals surface area contributed by atoms with Gasteiger partial charge >= 0.3 is 0 Å². The van der Waals surface area contributed by atoms with Crippen LogP contribution in [0.3, 0.4) is 0 Å². The molecule has 1 atom stereocenters. The molecule has 0 spiro atoms. The van der Waals surface area contributed by atoms with Gasteiger partial charge in [-0.3, -0.25) is 4.79 Å². The van der Waals surface area contributed by atoms with E-state index in [2.05, 4.69) is 5.16 Å². The van der Waals surface area contributed by atoms with E-state index < -0.39 is 0 Å². The summed E-state index contributed by atoms with van der Waals surface area (Å²) >= 11 is 0. The molecule has 0 radical (unpaired) electrons. The van der Waals surface area contributed by atoms with Gasteiger partial charge in [0.15, 0.2) is 0 Å². The molecule has 1 amide bonds. The highest BCUT2D eigenvalue weighted by atomic mass is 16.5. The van der Waals surface area contributed by atoms with Crippen molar-refractivity contribution in [1.82, 2.24) is 10.1 Å².